The van der Waals surface area contributed by atoms with Crippen molar-refractivity contribution >= 4 is 11.8 Å². The van der Waals surface area contributed by atoms with Crippen molar-refractivity contribution in [2.75, 3.05) is 32.8 Å². The molecular formula is C25H37N3O3. The van der Waals surface area contributed by atoms with Crippen molar-refractivity contribution in [1.82, 2.24) is 14.7 Å². The molecule has 2 atom stereocenters. The Bertz CT molecular complexity index is 742. The Kier molecular flexibility index (Phi) is 7.16. The highest BCUT2D eigenvalue weighted by Crippen LogP contribution is 2.25. The maximum absolute atomic E-state index is 12.9. The number of rotatable bonds is 5. The molecule has 1 saturated carbocycles. The average Bonchev–Trinajstić information content (AvgIpc) is 3.33. The van der Waals surface area contributed by atoms with E-state index in [1.54, 1.807) is 12.1 Å². The number of benzene rings is 1. The van der Waals surface area contributed by atoms with Crippen LogP contribution in [0.2, 0.25) is 0 Å². The average molecular weight is 428 g/mol. The van der Waals surface area contributed by atoms with E-state index in [1.807, 2.05) is 21.9 Å². The van der Waals surface area contributed by atoms with E-state index in [1.165, 1.54) is 32.1 Å². The van der Waals surface area contributed by atoms with Gasteiger partial charge in [0.05, 0.1) is 0 Å². The van der Waals surface area contributed by atoms with Crippen LogP contribution in [0.5, 0.6) is 5.75 Å². The molecule has 2 aliphatic heterocycles. The lowest BCUT2D eigenvalue weighted by atomic mass is 9.97. The molecule has 3 fully saturated rings. The summed E-state index contributed by atoms with van der Waals surface area (Å²) in [5.41, 5.74) is 0.686. The molecule has 1 aromatic carbocycles. The third-order valence-electron chi connectivity index (χ3n) is 7.39. The van der Waals surface area contributed by atoms with Crippen molar-refractivity contribution < 1.29 is 14.3 Å². The fraction of sp³-hybridized carbons (Fsp3) is 0.680. The van der Waals surface area contributed by atoms with Crippen LogP contribution in [0.25, 0.3) is 0 Å². The maximum Gasteiger partial charge on any atom is 0.260 e. The van der Waals surface area contributed by atoms with Crippen LogP contribution in [0.3, 0.4) is 0 Å². The second kappa shape index (κ2) is 10.0. The van der Waals surface area contributed by atoms with Gasteiger partial charge >= 0.3 is 0 Å². The highest BCUT2D eigenvalue weighted by Gasteiger charge is 2.30. The predicted octanol–water partition coefficient (Wildman–Crippen LogP) is 3.56. The highest BCUT2D eigenvalue weighted by molar-refractivity contribution is 5.94. The Morgan fingerprint density at radius 1 is 0.871 bits per heavy atom. The van der Waals surface area contributed by atoms with E-state index in [0.717, 1.165) is 45.1 Å². The predicted molar refractivity (Wildman–Crippen MR) is 121 cm³/mol. The largest absolute Gasteiger partial charge is 0.484 e. The number of nitrogens with zero attached hydrogens (tertiary/aromatic N) is 3. The van der Waals surface area contributed by atoms with Gasteiger partial charge in [0.15, 0.2) is 6.61 Å². The van der Waals surface area contributed by atoms with E-state index in [0.29, 0.717) is 11.3 Å². The Morgan fingerprint density at radius 2 is 1.48 bits per heavy atom. The molecule has 6 heteroatoms. The summed E-state index contributed by atoms with van der Waals surface area (Å²) in [6, 6.07) is 8.52. The van der Waals surface area contributed by atoms with Gasteiger partial charge in [0, 0.05) is 49.9 Å². The van der Waals surface area contributed by atoms with Crippen LogP contribution in [0.15, 0.2) is 24.3 Å². The first kappa shape index (κ1) is 22.1. The minimum absolute atomic E-state index is 0.0417. The summed E-state index contributed by atoms with van der Waals surface area (Å²) in [5, 5.41) is 0. The number of carbonyl (C=O) groups is 2. The Labute approximate surface area is 186 Å². The first-order chi connectivity index (χ1) is 15.0. The molecule has 1 aliphatic carbocycles. The number of piperidine rings is 1. The molecule has 4 rings (SSSR count). The SMILES string of the molecule is CC1CCCC(C)N1C(=O)COc1ccc(C(=O)N2CCN(C3CCCC3)CC2)cc1. The number of hydrogen-bond donors (Lipinski definition) is 0. The minimum atomic E-state index is 0.0417. The van der Waals surface area contributed by atoms with Gasteiger partial charge < -0.3 is 14.5 Å². The molecule has 0 N–H and O–H groups in total. The number of amides is 2. The molecule has 2 saturated heterocycles. The van der Waals surface area contributed by atoms with Gasteiger partial charge in [-0.25, -0.2) is 0 Å². The molecule has 31 heavy (non-hydrogen) atoms. The molecule has 2 amide bonds. The zero-order chi connectivity index (χ0) is 21.8. The van der Waals surface area contributed by atoms with Gasteiger partial charge in [-0.2, -0.15) is 0 Å². The molecule has 0 radical (unpaired) electrons. The minimum Gasteiger partial charge on any atom is -0.484 e. The molecule has 170 valence electrons. The monoisotopic (exact) mass is 427 g/mol. The Morgan fingerprint density at radius 3 is 2.10 bits per heavy atom. The molecule has 2 unspecified atom stereocenters. The summed E-state index contributed by atoms with van der Waals surface area (Å²) in [6.07, 6.45) is 8.61. The fourth-order valence-electron chi connectivity index (χ4n) is 5.57. The standard InChI is InChI=1S/C25H37N3O3/c1-19-6-5-7-20(2)28(19)24(29)18-31-23-12-10-21(11-13-23)25(30)27-16-14-26(15-17-27)22-8-3-4-9-22/h10-13,19-20,22H,3-9,14-18H2,1-2H3. The summed E-state index contributed by atoms with van der Waals surface area (Å²) in [5.74, 6) is 0.762. The molecule has 1 aromatic rings. The molecule has 0 spiro atoms. The maximum atomic E-state index is 12.9. The molecule has 0 aromatic heterocycles. The van der Waals surface area contributed by atoms with Crippen LogP contribution in [0.4, 0.5) is 0 Å². The van der Waals surface area contributed by atoms with Crippen LogP contribution in [-0.2, 0) is 4.79 Å². The fourth-order valence-corrected chi connectivity index (χ4v) is 5.57. The quantitative estimate of drug-likeness (QED) is 0.721. The molecule has 3 aliphatic rings. The van der Waals surface area contributed by atoms with Crippen molar-refractivity contribution in [3.8, 4) is 5.75 Å². The molecule has 2 heterocycles. The lowest BCUT2D eigenvalue weighted by Crippen LogP contribution is -2.51. The molecule has 0 bridgehead atoms. The van der Waals surface area contributed by atoms with Crippen LogP contribution in [-0.4, -0.2) is 77.4 Å². The number of likely N-dealkylation sites (tertiary alicyclic amines) is 1. The van der Waals surface area contributed by atoms with Crippen molar-refractivity contribution in [1.29, 1.82) is 0 Å². The van der Waals surface area contributed by atoms with E-state index in [9.17, 15) is 9.59 Å². The van der Waals surface area contributed by atoms with Crippen molar-refractivity contribution in [3.63, 3.8) is 0 Å². The number of ether oxygens (including phenoxy) is 1. The van der Waals surface area contributed by atoms with Gasteiger partial charge in [-0.05, 0) is 70.2 Å². The molecular weight excluding hydrogens is 390 g/mol. The van der Waals surface area contributed by atoms with E-state index >= 15 is 0 Å². The number of hydrogen-bond acceptors (Lipinski definition) is 4. The highest BCUT2D eigenvalue weighted by atomic mass is 16.5. The summed E-state index contributed by atoms with van der Waals surface area (Å²) in [4.78, 5) is 32.0. The normalized spacial score (nSPS) is 25.6. The van der Waals surface area contributed by atoms with Gasteiger partial charge in [-0.1, -0.05) is 12.8 Å². The summed E-state index contributed by atoms with van der Waals surface area (Å²) in [6.45, 7) is 7.83. The van der Waals surface area contributed by atoms with Crippen molar-refractivity contribution in [3.05, 3.63) is 29.8 Å². The van der Waals surface area contributed by atoms with Gasteiger partial charge in [0.2, 0.25) is 0 Å². The van der Waals surface area contributed by atoms with Gasteiger partial charge in [-0.3, -0.25) is 14.5 Å². The lowest BCUT2D eigenvalue weighted by Gasteiger charge is -2.39. The van der Waals surface area contributed by atoms with E-state index in [-0.39, 0.29) is 30.5 Å². The van der Waals surface area contributed by atoms with Crippen molar-refractivity contribution in [2.45, 2.75) is 76.9 Å². The zero-order valence-electron chi connectivity index (χ0n) is 19.1. The third-order valence-corrected chi connectivity index (χ3v) is 7.39. The van der Waals surface area contributed by atoms with Crippen molar-refractivity contribution in [2.24, 2.45) is 0 Å². The smallest absolute Gasteiger partial charge is 0.260 e. The third kappa shape index (κ3) is 5.22. The Balaban J connectivity index is 1.26. The Hall–Kier alpha value is -2.08. The van der Waals surface area contributed by atoms with Crippen LogP contribution >= 0.6 is 0 Å². The number of carbonyl (C=O) groups excluding carboxylic acids is 2. The van der Waals surface area contributed by atoms with Gasteiger partial charge in [0.1, 0.15) is 5.75 Å². The molecule has 6 nitrogen and oxygen atoms in total. The van der Waals surface area contributed by atoms with E-state index in [4.69, 9.17) is 4.74 Å². The van der Waals surface area contributed by atoms with E-state index in [2.05, 4.69) is 18.7 Å². The zero-order valence-corrected chi connectivity index (χ0v) is 19.1. The first-order valence-electron chi connectivity index (χ1n) is 12.1. The van der Waals surface area contributed by atoms with Gasteiger partial charge in [0.25, 0.3) is 11.8 Å². The topological polar surface area (TPSA) is 53.1 Å². The van der Waals surface area contributed by atoms with Crippen LogP contribution in [0, 0.1) is 0 Å². The summed E-state index contributed by atoms with van der Waals surface area (Å²) < 4.78 is 5.75. The van der Waals surface area contributed by atoms with Gasteiger partial charge in [-0.15, -0.1) is 0 Å². The second-order valence-corrected chi connectivity index (χ2v) is 9.51. The summed E-state index contributed by atoms with van der Waals surface area (Å²) in [7, 11) is 0. The van der Waals surface area contributed by atoms with Crippen LogP contribution < -0.4 is 4.74 Å². The number of piperazine rings is 1. The van der Waals surface area contributed by atoms with Crippen LogP contribution in [0.1, 0.15) is 69.2 Å². The van der Waals surface area contributed by atoms with E-state index < -0.39 is 0 Å². The first-order valence-corrected chi connectivity index (χ1v) is 12.1. The lowest BCUT2D eigenvalue weighted by molar-refractivity contribution is -0.139. The second-order valence-electron chi connectivity index (χ2n) is 9.51. The summed E-state index contributed by atoms with van der Waals surface area (Å²) >= 11 is 0.